The molecule has 0 amide bonds. The summed E-state index contributed by atoms with van der Waals surface area (Å²) in [6, 6.07) is 48.4. The number of ether oxygens (including phenoxy) is 1. The van der Waals surface area contributed by atoms with E-state index in [0.717, 1.165) is 17.1 Å². The Kier molecular flexibility index (Phi) is 4.11. The first kappa shape index (κ1) is 20.9. The highest BCUT2D eigenvalue weighted by Crippen LogP contribution is 2.49. The summed E-state index contributed by atoms with van der Waals surface area (Å²) in [5.74, 6) is 1.84. The molecule has 0 radical (unpaired) electrons. The van der Waals surface area contributed by atoms with E-state index in [9.17, 15) is 0 Å². The first-order chi connectivity index (χ1) is 19.3. The van der Waals surface area contributed by atoms with E-state index in [-0.39, 0.29) is 0 Å². The average molecular weight is 495 g/mol. The Labute approximate surface area is 225 Å². The molecule has 0 spiro atoms. The summed E-state index contributed by atoms with van der Waals surface area (Å²) < 4.78 is 6.53. The van der Waals surface area contributed by atoms with E-state index in [4.69, 9.17) is 4.74 Å². The third-order valence-corrected chi connectivity index (χ3v) is 8.39. The van der Waals surface area contributed by atoms with E-state index < -0.39 is 0 Å². The molecule has 1 heteroatoms. The van der Waals surface area contributed by atoms with Gasteiger partial charge in [-0.1, -0.05) is 103 Å². The van der Waals surface area contributed by atoms with Crippen LogP contribution in [0, 0.1) is 0 Å². The van der Waals surface area contributed by atoms with E-state index in [0.29, 0.717) is 0 Å². The smallest absolute Gasteiger partial charge is 0.136 e. The third-order valence-electron chi connectivity index (χ3n) is 8.39. The first-order valence-electron chi connectivity index (χ1n) is 13.4. The second kappa shape index (κ2) is 7.69. The topological polar surface area (TPSA) is 9.23 Å². The number of hydrogen-bond acceptors (Lipinski definition) is 1. The van der Waals surface area contributed by atoms with Gasteiger partial charge in [0.1, 0.15) is 11.5 Å². The molecule has 8 aromatic carbocycles. The van der Waals surface area contributed by atoms with Crippen molar-refractivity contribution >= 4 is 53.9 Å². The van der Waals surface area contributed by atoms with Crippen molar-refractivity contribution in [3.63, 3.8) is 0 Å². The molecule has 1 heterocycles. The quantitative estimate of drug-likeness (QED) is 0.163. The maximum Gasteiger partial charge on any atom is 0.136 e. The predicted octanol–water partition coefficient (Wildman–Crippen LogP) is 10.9. The number of benzene rings is 8. The predicted molar refractivity (Wildman–Crippen MR) is 165 cm³/mol. The van der Waals surface area contributed by atoms with Crippen LogP contribution in [0.5, 0.6) is 11.5 Å². The first-order valence-corrected chi connectivity index (χ1v) is 13.4. The van der Waals surface area contributed by atoms with Gasteiger partial charge in [-0.2, -0.15) is 0 Å². The minimum atomic E-state index is 0.909. The molecule has 1 nitrogen and oxygen atoms in total. The molecule has 0 bridgehead atoms. The zero-order chi connectivity index (χ0) is 25.5. The molecular formula is C38H22O. The van der Waals surface area contributed by atoms with Crippen molar-refractivity contribution in [2.24, 2.45) is 0 Å². The zero-order valence-corrected chi connectivity index (χ0v) is 21.1. The minimum absolute atomic E-state index is 0.909. The maximum atomic E-state index is 6.53. The van der Waals surface area contributed by atoms with E-state index in [1.165, 1.54) is 70.6 Å². The Morgan fingerprint density at radius 1 is 0.333 bits per heavy atom. The summed E-state index contributed by atoms with van der Waals surface area (Å²) in [5, 5.41) is 12.5. The monoisotopic (exact) mass is 494 g/mol. The molecule has 8 aromatic rings. The summed E-state index contributed by atoms with van der Waals surface area (Å²) in [6.07, 6.45) is 0. The van der Waals surface area contributed by atoms with E-state index >= 15 is 0 Å². The fourth-order valence-corrected chi connectivity index (χ4v) is 6.58. The van der Waals surface area contributed by atoms with E-state index in [1.54, 1.807) is 0 Å². The SMILES string of the molecule is c1ccc2cc3c(ccc4c(-c5ccc6c(c5)-c5cccc7c5c(cc5ccccc57)O6)cccc43)cc2c1. The van der Waals surface area contributed by atoms with Crippen LogP contribution in [0.2, 0.25) is 0 Å². The Morgan fingerprint density at radius 3 is 1.95 bits per heavy atom. The molecule has 0 saturated carbocycles. The Balaban J connectivity index is 1.28. The number of rotatable bonds is 1. The van der Waals surface area contributed by atoms with Gasteiger partial charge in [0.05, 0.1) is 0 Å². The molecular weight excluding hydrogens is 472 g/mol. The molecule has 0 saturated heterocycles. The molecule has 1 aliphatic heterocycles. The van der Waals surface area contributed by atoms with Gasteiger partial charge in [-0.05, 0) is 95.5 Å². The molecule has 180 valence electrons. The average Bonchev–Trinajstić information content (AvgIpc) is 3.00. The van der Waals surface area contributed by atoms with Crippen LogP contribution in [0.15, 0.2) is 133 Å². The van der Waals surface area contributed by atoms with Crippen molar-refractivity contribution < 1.29 is 4.74 Å². The summed E-state index contributed by atoms with van der Waals surface area (Å²) in [5.41, 5.74) is 4.81. The Hall–Kier alpha value is -5.14. The molecule has 0 aromatic heterocycles. The van der Waals surface area contributed by atoms with Crippen LogP contribution >= 0.6 is 0 Å². The summed E-state index contributed by atoms with van der Waals surface area (Å²) in [7, 11) is 0. The van der Waals surface area contributed by atoms with Crippen molar-refractivity contribution in [1.29, 1.82) is 0 Å². The lowest BCUT2D eigenvalue weighted by molar-refractivity contribution is 0.488. The van der Waals surface area contributed by atoms with Gasteiger partial charge in [0.25, 0.3) is 0 Å². The van der Waals surface area contributed by atoms with Gasteiger partial charge < -0.3 is 4.74 Å². The van der Waals surface area contributed by atoms with Crippen molar-refractivity contribution in [2.45, 2.75) is 0 Å². The van der Waals surface area contributed by atoms with E-state index in [2.05, 4.69) is 133 Å². The fraction of sp³-hybridized carbons (Fsp3) is 0. The number of hydrogen-bond donors (Lipinski definition) is 0. The third kappa shape index (κ3) is 2.96. The highest BCUT2D eigenvalue weighted by molar-refractivity contribution is 6.18. The second-order valence-corrected chi connectivity index (χ2v) is 10.5. The van der Waals surface area contributed by atoms with Gasteiger partial charge in [0.15, 0.2) is 0 Å². The summed E-state index contributed by atoms with van der Waals surface area (Å²) in [4.78, 5) is 0. The van der Waals surface area contributed by atoms with Gasteiger partial charge in [-0.25, -0.2) is 0 Å². The summed E-state index contributed by atoms with van der Waals surface area (Å²) in [6.45, 7) is 0. The Bertz CT molecular complexity index is 2310. The van der Waals surface area contributed by atoms with Gasteiger partial charge in [-0.3, -0.25) is 0 Å². The van der Waals surface area contributed by atoms with Crippen LogP contribution in [-0.4, -0.2) is 0 Å². The van der Waals surface area contributed by atoms with Crippen LogP contribution in [0.25, 0.3) is 76.1 Å². The zero-order valence-electron chi connectivity index (χ0n) is 21.1. The molecule has 0 unspecified atom stereocenters. The van der Waals surface area contributed by atoms with E-state index in [1.807, 2.05) is 0 Å². The standard InChI is InChI=1S/C38H22O/c1-2-8-24-20-34-26(19-23(24)7-1)15-17-31-28(11-5-12-30(31)34)27-16-18-36-35(21-27)33-14-6-13-32-29-10-4-3-9-25(29)22-37(39-36)38(32)33/h1-22H. The van der Waals surface area contributed by atoms with Crippen molar-refractivity contribution in [3.8, 4) is 33.8 Å². The number of fused-ring (bicyclic) bond motifs is 8. The molecule has 0 fully saturated rings. The minimum Gasteiger partial charge on any atom is -0.456 e. The van der Waals surface area contributed by atoms with Crippen LogP contribution in [0.4, 0.5) is 0 Å². The van der Waals surface area contributed by atoms with Crippen molar-refractivity contribution in [3.05, 3.63) is 133 Å². The molecule has 1 aliphatic rings. The van der Waals surface area contributed by atoms with Gasteiger partial charge in [0.2, 0.25) is 0 Å². The highest BCUT2D eigenvalue weighted by Gasteiger charge is 2.22. The van der Waals surface area contributed by atoms with Gasteiger partial charge in [-0.15, -0.1) is 0 Å². The lowest BCUT2D eigenvalue weighted by Crippen LogP contribution is -1.98. The normalized spacial score (nSPS) is 12.3. The lowest BCUT2D eigenvalue weighted by atomic mass is 9.89. The molecule has 9 rings (SSSR count). The van der Waals surface area contributed by atoms with Crippen LogP contribution in [0.3, 0.4) is 0 Å². The maximum absolute atomic E-state index is 6.53. The largest absolute Gasteiger partial charge is 0.456 e. The highest BCUT2D eigenvalue weighted by atomic mass is 16.5. The lowest BCUT2D eigenvalue weighted by Gasteiger charge is -2.23. The van der Waals surface area contributed by atoms with Gasteiger partial charge in [0, 0.05) is 10.9 Å². The molecule has 39 heavy (non-hydrogen) atoms. The van der Waals surface area contributed by atoms with Crippen LogP contribution in [-0.2, 0) is 0 Å². The summed E-state index contributed by atoms with van der Waals surface area (Å²) >= 11 is 0. The molecule has 0 atom stereocenters. The van der Waals surface area contributed by atoms with Crippen molar-refractivity contribution in [2.75, 3.05) is 0 Å². The molecule has 0 aliphatic carbocycles. The van der Waals surface area contributed by atoms with Crippen LogP contribution in [0.1, 0.15) is 0 Å². The second-order valence-electron chi connectivity index (χ2n) is 10.5. The van der Waals surface area contributed by atoms with Crippen molar-refractivity contribution in [1.82, 2.24) is 0 Å². The fourth-order valence-electron chi connectivity index (χ4n) is 6.58. The molecule has 0 N–H and O–H groups in total. The van der Waals surface area contributed by atoms with Gasteiger partial charge >= 0.3 is 0 Å². The Morgan fingerprint density at radius 2 is 1.05 bits per heavy atom. The van der Waals surface area contributed by atoms with Crippen LogP contribution < -0.4 is 4.74 Å².